The lowest BCUT2D eigenvalue weighted by atomic mass is 10.1. The third kappa shape index (κ3) is 3.84. The number of hydrogen-bond donors (Lipinski definition) is 1. The van der Waals surface area contributed by atoms with Gasteiger partial charge in [0, 0.05) is 17.1 Å². The second kappa shape index (κ2) is 8.23. The van der Waals surface area contributed by atoms with E-state index in [-0.39, 0.29) is 0 Å². The Bertz CT molecular complexity index is 987. The quantitative estimate of drug-likeness (QED) is 0.404. The average Bonchev–Trinajstić information content (AvgIpc) is 2.73. The summed E-state index contributed by atoms with van der Waals surface area (Å²) in [5.74, 6) is 1.45. The highest BCUT2D eigenvalue weighted by molar-refractivity contribution is 6.11. The molecule has 1 heterocycles. The zero-order valence-corrected chi connectivity index (χ0v) is 15.3. The highest BCUT2D eigenvalue weighted by Crippen LogP contribution is 2.38. The lowest BCUT2D eigenvalue weighted by Crippen LogP contribution is -2.01. The van der Waals surface area contributed by atoms with Crippen LogP contribution in [0.25, 0.3) is 17.0 Å². The van der Waals surface area contributed by atoms with Crippen LogP contribution >= 0.6 is 0 Å². The molecule has 0 spiro atoms. The molecule has 0 unspecified atom stereocenters. The van der Waals surface area contributed by atoms with E-state index in [0.29, 0.717) is 28.5 Å². The number of fused-ring (bicyclic) bond motifs is 1. The van der Waals surface area contributed by atoms with Crippen LogP contribution in [0.2, 0.25) is 0 Å². The molecule has 3 aromatic rings. The number of ether oxygens (including phenoxy) is 3. The number of pyridine rings is 1. The molecule has 0 radical (unpaired) electrons. The second-order valence-electron chi connectivity index (χ2n) is 5.69. The average molecular weight is 364 g/mol. The molecule has 1 aromatic heterocycles. The molecule has 0 fully saturated rings. The highest BCUT2D eigenvalue weighted by atomic mass is 16.5. The van der Waals surface area contributed by atoms with E-state index < -0.39 is 0 Å². The van der Waals surface area contributed by atoms with Crippen LogP contribution in [0, 0.1) is 0 Å². The van der Waals surface area contributed by atoms with Crippen molar-refractivity contribution in [3.05, 3.63) is 65.9 Å². The van der Waals surface area contributed by atoms with Crippen LogP contribution in [-0.4, -0.2) is 37.2 Å². The van der Waals surface area contributed by atoms with Crippen molar-refractivity contribution in [3.63, 3.8) is 0 Å². The predicted octanol–water partition coefficient (Wildman–Crippen LogP) is 4.15. The van der Waals surface area contributed by atoms with E-state index in [1.807, 2.05) is 36.4 Å². The Kier molecular flexibility index (Phi) is 5.56. The predicted molar refractivity (Wildman–Crippen MR) is 105 cm³/mol. The highest BCUT2D eigenvalue weighted by Gasteiger charge is 2.15. The SMILES string of the molecule is COc1cc(C(/C=C/c2ccc3ncccc3c2)=N/O)cc(OC)c1OC. The molecule has 6 nitrogen and oxygen atoms in total. The number of hydrogen-bond acceptors (Lipinski definition) is 6. The van der Waals surface area contributed by atoms with Gasteiger partial charge in [-0.15, -0.1) is 0 Å². The van der Waals surface area contributed by atoms with Crippen molar-refractivity contribution in [2.45, 2.75) is 0 Å². The van der Waals surface area contributed by atoms with E-state index in [9.17, 15) is 5.21 Å². The number of allylic oxidation sites excluding steroid dienone is 1. The number of oxime groups is 1. The van der Waals surface area contributed by atoms with Crippen molar-refractivity contribution < 1.29 is 19.4 Å². The van der Waals surface area contributed by atoms with E-state index in [2.05, 4.69) is 10.1 Å². The number of methoxy groups -OCH3 is 3. The van der Waals surface area contributed by atoms with E-state index in [1.54, 1.807) is 24.4 Å². The van der Waals surface area contributed by atoms with Gasteiger partial charge in [-0.1, -0.05) is 23.4 Å². The molecular formula is C21H20N2O4. The first-order valence-electron chi connectivity index (χ1n) is 8.25. The van der Waals surface area contributed by atoms with Crippen LogP contribution in [0.1, 0.15) is 11.1 Å². The molecule has 138 valence electrons. The zero-order chi connectivity index (χ0) is 19.2. The van der Waals surface area contributed by atoms with Crippen molar-refractivity contribution >= 4 is 22.7 Å². The number of rotatable bonds is 6. The van der Waals surface area contributed by atoms with Crippen molar-refractivity contribution in [1.29, 1.82) is 0 Å². The summed E-state index contributed by atoms with van der Waals surface area (Å²) >= 11 is 0. The minimum Gasteiger partial charge on any atom is -0.493 e. The summed E-state index contributed by atoms with van der Waals surface area (Å²) in [7, 11) is 4.61. The Morgan fingerprint density at radius 3 is 2.37 bits per heavy atom. The fraction of sp³-hybridized carbons (Fsp3) is 0.143. The number of nitrogens with zero attached hydrogens (tertiary/aromatic N) is 2. The van der Waals surface area contributed by atoms with E-state index in [0.717, 1.165) is 16.5 Å². The van der Waals surface area contributed by atoms with E-state index in [4.69, 9.17) is 14.2 Å². The molecule has 1 N–H and O–H groups in total. The summed E-state index contributed by atoms with van der Waals surface area (Å²) in [6.07, 6.45) is 5.35. The van der Waals surface area contributed by atoms with Gasteiger partial charge in [-0.2, -0.15) is 0 Å². The van der Waals surface area contributed by atoms with Gasteiger partial charge < -0.3 is 19.4 Å². The van der Waals surface area contributed by atoms with Crippen LogP contribution in [-0.2, 0) is 0 Å². The Labute approximate surface area is 157 Å². The summed E-state index contributed by atoms with van der Waals surface area (Å²) in [5.41, 5.74) is 2.88. The number of benzene rings is 2. The fourth-order valence-electron chi connectivity index (χ4n) is 2.79. The van der Waals surface area contributed by atoms with Crippen LogP contribution in [0.15, 0.2) is 59.9 Å². The third-order valence-electron chi connectivity index (χ3n) is 4.13. The first-order valence-corrected chi connectivity index (χ1v) is 8.25. The van der Waals surface area contributed by atoms with Crippen molar-refractivity contribution in [2.75, 3.05) is 21.3 Å². The molecule has 0 aliphatic rings. The lowest BCUT2D eigenvalue weighted by Gasteiger charge is -2.13. The van der Waals surface area contributed by atoms with Gasteiger partial charge in [0.1, 0.15) is 5.71 Å². The van der Waals surface area contributed by atoms with E-state index >= 15 is 0 Å². The molecule has 0 atom stereocenters. The van der Waals surface area contributed by atoms with Crippen LogP contribution < -0.4 is 14.2 Å². The summed E-state index contributed by atoms with van der Waals surface area (Å²) in [5, 5.41) is 13.9. The largest absolute Gasteiger partial charge is 0.493 e. The lowest BCUT2D eigenvalue weighted by molar-refractivity contribution is 0.319. The maximum atomic E-state index is 9.50. The molecule has 0 amide bonds. The Hall–Kier alpha value is -3.54. The normalized spacial score (nSPS) is 11.7. The maximum absolute atomic E-state index is 9.50. The summed E-state index contributed by atoms with van der Waals surface area (Å²) < 4.78 is 16.0. The van der Waals surface area contributed by atoms with Gasteiger partial charge in [0.25, 0.3) is 0 Å². The molecule has 0 aliphatic heterocycles. The Morgan fingerprint density at radius 1 is 1.00 bits per heavy atom. The number of aromatic nitrogens is 1. The van der Waals surface area contributed by atoms with Gasteiger partial charge in [0.2, 0.25) is 5.75 Å². The molecule has 0 bridgehead atoms. The Morgan fingerprint density at radius 2 is 1.74 bits per heavy atom. The van der Waals surface area contributed by atoms with Gasteiger partial charge in [0.15, 0.2) is 11.5 Å². The first-order chi connectivity index (χ1) is 13.2. The van der Waals surface area contributed by atoms with Gasteiger partial charge >= 0.3 is 0 Å². The van der Waals surface area contributed by atoms with E-state index in [1.165, 1.54) is 21.3 Å². The summed E-state index contributed by atoms with van der Waals surface area (Å²) in [6, 6.07) is 13.3. The van der Waals surface area contributed by atoms with Crippen LogP contribution in [0.3, 0.4) is 0 Å². The molecular weight excluding hydrogens is 344 g/mol. The molecule has 6 heteroatoms. The fourth-order valence-corrected chi connectivity index (χ4v) is 2.79. The topological polar surface area (TPSA) is 73.2 Å². The summed E-state index contributed by atoms with van der Waals surface area (Å²) in [6.45, 7) is 0. The van der Waals surface area contributed by atoms with Crippen molar-refractivity contribution in [2.24, 2.45) is 5.16 Å². The van der Waals surface area contributed by atoms with Gasteiger partial charge in [-0.25, -0.2) is 0 Å². The van der Waals surface area contributed by atoms with Crippen molar-refractivity contribution in [1.82, 2.24) is 4.98 Å². The molecule has 0 aliphatic carbocycles. The van der Waals surface area contributed by atoms with Gasteiger partial charge in [-0.05, 0) is 42.0 Å². The molecule has 3 rings (SSSR count). The van der Waals surface area contributed by atoms with Gasteiger partial charge in [-0.3, -0.25) is 4.98 Å². The smallest absolute Gasteiger partial charge is 0.203 e. The standard InChI is InChI=1S/C21H20N2O4/c1-25-19-12-16(13-20(26-2)21(19)27-3)18(23-24)9-7-14-6-8-17-15(11-14)5-4-10-22-17/h4-13,24H,1-3H3/b9-7+,23-18+. The Balaban J connectivity index is 1.96. The first kappa shape index (κ1) is 18.3. The monoisotopic (exact) mass is 364 g/mol. The minimum absolute atomic E-state index is 0.362. The van der Waals surface area contributed by atoms with Crippen LogP contribution in [0.4, 0.5) is 0 Å². The van der Waals surface area contributed by atoms with Gasteiger partial charge in [0.05, 0.1) is 26.8 Å². The van der Waals surface area contributed by atoms with Crippen LogP contribution in [0.5, 0.6) is 17.2 Å². The molecule has 27 heavy (non-hydrogen) atoms. The second-order valence-corrected chi connectivity index (χ2v) is 5.69. The molecule has 0 saturated carbocycles. The third-order valence-corrected chi connectivity index (χ3v) is 4.13. The molecule has 2 aromatic carbocycles. The van der Waals surface area contributed by atoms with Crippen molar-refractivity contribution in [3.8, 4) is 17.2 Å². The maximum Gasteiger partial charge on any atom is 0.203 e. The summed E-state index contributed by atoms with van der Waals surface area (Å²) in [4.78, 5) is 4.31. The minimum atomic E-state index is 0.362. The molecule has 0 saturated heterocycles. The zero-order valence-electron chi connectivity index (χ0n) is 15.3.